The molecule has 1 heterocycles. The molecule has 1 amide bonds. The molecular formula is C21H22ClN3O2. The van der Waals surface area contributed by atoms with Gasteiger partial charge in [0.1, 0.15) is 0 Å². The lowest BCUT2D eigenvalue weighted by Crippen LogP contribution is -2.26. The number of hydrogen-bond acceptors (Lipinski definition) is 3. The van der Waals surface area contributed by atoms with E-state index in [2.05, 4.69) is 5.32 Å². The molecule has 0 saturated heterocycles. The molecule has 0 fully saturated rings. The van der Waals surface area contributed by atoms with Gasteiger partial charge in [0.2, 0.25) is 5.91 Å². The highest BCUT2D eigenvalue weighted by Crippen LogP contribution is 2.25. The van der Waals surface area contributed by atoms with E-state index in [1.54, 1.807) is 11.8 Å². The maximum Gasteiger partial charge on any atom is 0.224 e. The molecule has 0 bridgehead atoms. The van der Waals surface area contributed by atoms with E-state index >= 15 is 0 Å². The first-order valence-electron chi connectivity index (χ1n) is 8.83. The number of benzene rings is 2. The van der Waals surface area contributed by atoms with Crippen molar-refractivity contribution in [2.24, 2.45) is 0 Å². The second-order valence-electron chi connectivity index (χ2n) is 6.16. The standard InChI is InChI=1S/C21H22ClN3O2/c1-27-13-5-12-23-20(26)14-17-15-25(19-6-3-2-4-7-19)24-21(17)16-8-10-18(22)11-9-16/h2-4,6-11,15H,5,12-14H2,1H3,(H,23,26). The minimum absolute atomic E-state index is 0.0334. The van der Waals surface area contributed by atoms with E-state index in [-0.39, 0.29) is 12.3 Å². The van der Waals surface area contributed by atoms with Crippen molar-refractivity contribution in [3.8, 4) is 16.9 Å². The Balaban J connectivity index is 1.85. The number of hydrogen-bond donors (Lipinski definition) is 1. The van der Waals surface area contributed by atoms with Crippen LogP contribution in [0.4, 0.5) is 0 Å². The van der Waals surface area contributed by atoms with Crippen LogP contribution in [-0.4, -0.2) is 35.9 Å². The van der Waals surface area contributed by atoms with Crippen LogP contribution in [0.5, 0.6) is 0 Å². The summed E-state index contributed by atoms with van der Waals surface area (Å²) in [5.41, 5.74) is 3.52. The van der Waals surface area contributed by atoms with Crippen molar-refractivity contribution in [3.63, 3.8) is 0 Å². The highest BCUT2D eigenvalue weighted by atomic mass is 35.5. The number of aromatic nitrogens is 2. The predicted octanol–water partition coefficient (Wildman–Crippen LogP) is 3.89. The molecule has 5 nitrogen and oxygen atoms in total. The average molecular weight is 384 g/mol. The maximum absolute atomic E-state index is 12.3. The molecule has 3 aromatic rings. The van der Waals surface area contributed by atoms with Crippen LogP contribution in [0.3, 0.4) is 0 Å². The van der Waals surface area contributed by atoms with Crippen LogP contribution < -0.4 is 5.32 Å². The highest BCUT2D eigenvalue weighted by molar-refractivity contribution is 6.30. The van der Waals surface area contributed by atoms with Gasteiger partial charge in [-0.1, -0.05) is 41.9 Å². The van der Waals surface area contributed by atoms with Crippen LogP contribution in [0.1, 0.15) is 12.0 Å². The number of methoxy groups -OCH3 is 1. The SMILES string of the molecule is COCCCNC(=O)Cc1cn(-c2ccccc2)nc1-c1ccc(Cl)cc1. The van der Waals surface area contributed by atoms with Gasteiger partial charge in [-0.05, 0) is 30.7 Å². The summed E-state index contributed by atoms with van der Waals surface area (Å²) in [6.45, 7) is 1.22. The molecule has 2 aromatic carbocycles. The summed E-state index contributed by atoms with van der Waals surface area (Å²) in [4.78, 5) is 12.3. The van der Waals surface area contributed by atoms with Gasteiger partial charge < -0.3 is 10.1 Å². The molecule has 140 valence electrons. The first-order chi connectivity index (χ1) is 13.2. The van der Waals surface area contributed by atoms with Gasteiger partial charge in [0.05, 0.1) is 17.8 Å². The Morgan fingerprint density at radius 1 is 1.15 bits per heavy atom. The van der Waals surface area contributed by atoms with Gasteiger partial charge in [-0.2, -0.15) is 5.10 Å². The topological polar surface area (TPSA) is 56.1 Å². The Bertz CT molecular complexity index is 876. The molecule has 27 heavy (non-hydrogen) atoms. The molecule has 0 aliphatic rings. The number of carbonyl (C=O) groups excluding carboxylic acids is 1. The number of rotatable bonds is 8. The fraction of sp³-hybridized carbons (Fsp3) is 0.238. The number of amides is 1. The van der Waals surface area contributed by atoms with Gasteiger partial charge in [0.25, 0.3) is 0 Å². The van der Waals surface area contributed by atoms with Crippen molar-refractivity contribution < 1.29 is 9.53 Å². The quantitative estimate of drug-likeness (QED) is 0.600. The van der Waals surface area contributed by atoms with Gasteiger partial charge in [-0.15, -0.1) is 0 Å². The van der Waals surface area contributed by atoms with Gasteiger partial charge in [-0.3, -0.25) is 4.79 Å². The van der Waals surface area contributed by atoms with E-state index in [4.69, 9.17) is 21.4 Å². The number of halogens is 1. The number of nitrogens with one attached hydrogen (secondary N) is 1. The molecule has 0 radical (unpaired) electrons. The third-order valence-electron chi connectivity index (χ3n) is 4.13. The summed E-state index contributed by atoms with van der Waals surface area (Å²) in [5, 5.41) is 8.31. The molecule has 1 N–H and O–H groups in total. The van der Waals surface area contributed by atoms with Crippen molar-refractivity contribution >= 4 is 17.5 Å². The fourth-order valence-electron chi connectivity index (χ4n) is 2.78. The Labute approximate surface area is 163 Å². The lowest BCUT2D eigenvalue weighted by atomic mass is 10.1. The molecule has 0 aliphatic heterocycles. The normalized spacial score (nSPS) is 10.7. The minimum atomic E-state index is -0.0334. The van der Waals surface area contributed by atoms with Crippen LogP contribution in [0.2, 0.25) is 5.02 Å². The van der Waals surface area contributed by atoms with Crippen molar-refractivity contribution in [1.29, 1.82) is 0 Å². The summed E-state index contributed by atoms with van der Waals surface area (Å²) in [7, 11) is 1.65. The minimum Gasteiger partial charge on any atom is -0.385 e. The Morgan fingerprint density at radius 3 is 2.59 bits per heavy atom. The van der Waals surface area contributed by atoms with Crippen molar-refractivity contribution in [2.75, 3.05) is 20.3 Å². The second-order valence-corrected chi connectivity index (χ2v) is 6.60. The summed E-state index contributed by atoms with van der Waals surface area (Å²) < 4.78 is 6.81. The zero-order valence-corrected chi connectivity index (χ0v) is 15.9. The summed E-state index contributed by atoms with van der Waals surface area (Å²) in [5.74, 6) is -0.0334. The van der Waals surface area contributed by atoms with Gasteiger partial charge >= 0.3 is 0 Å². The first-order valence-corrected chi connectivity index (χ1v) is 9.20. The molecule has 0 saturated carbocycles. The van der Waals surface area contributed by atoms with Crippen LogP contribution in [0, 0.1) is 0 Å². The van der Waals surface area contributed by atoms with E-state index in [0.717, 1.165) is 28.9 Å². The lowest BCUT2D eigenvalue weighted by molar-refractivity contribution is -0.120. The van der Waals surface area contributed by atoms with Crippen LogP contribution in [0.25, 0.3) is 16.9 Å². The smallest absolute Gasteiger partial charge is 0.224 e. The van der Waals surface area contributed by atoms with Crippen molar-refractivity contribution in [3.05, 3.63) is 71.4 Å². The molecule has 0 aliphatic carbocycles. The molecular weight excluding hydrogens is 362 g/mol. The van der Waals surface area contributed by atoms with E-state index in [1.165, 1.54) is 0 Å². The van der Waals surface area contributed by atoms with Crippen LogP contribution >= 0.6 is 11.6 Å². The van der Waals surface area contributed by atoms with E-state index < -0.39 is 0 Å². The number of carbonyl (C=O) groups is 1. The molecule has 0 atom stereocenters. The maximum atomic E-state index is 12.3. The average Bonchev–Trinajstić information content (AvgIpc) is 3.10. The van der Waals surface area contributed by atoms with Gasteiger partial charge in [0.15, 0.2) is 0 Å². The Hall–Kier alpha value is -2.63. The largest absolute Gasteiger partial charge is 0.385 e. The monoisotopic (exact) mass is 383 g/mol. The summed E-state index contributed by atoms with van der Waals surface area (Å²) in [6, 6.07) is 17.3. The van der Waals surface area contributed by atoms with E-state index in [1.807, 2.05) is 60.8 Å². The van der Waals surface area contributed by atoms with Crippen molar-refractivity contribution in [1.82, 2.24) is 15.1 Å². The summed E-state index contributed by atoms with van der Waals surface area (Å²) >= 11 is 6.01. The fourth-order valence-corrected chi connectivity index (χ4v) is 2.91. The molecule has 6 heteroatoms. The zero-order valence-electron chi connectivity index (χ0n) is 15.2. The highest BCUT2D eigenvalue weighted by Gasteiger charge is 2.15. The summed E-state index contributed by atoms with van der Waals surface area (Å²) in [6.07, 6.45) is 2.96. The number of ether oxygens (including phenoxy) is 1. The first kappa shape index (κ1) is 19.1. The predicted molar refractivity (Wildman–Crippen MR) is 107 cm³/mol. The Kier molecular flexibility index (Phi) is 6.63. The van der Waals surface area contributed by atoms with E-state index in [0.29, 0.717) is 18.2 Å². The molecule has 1 aromatic heterocycles. The number of nitrogens with zero attached hydrogens (tertiary/aromatic N) is 2. The third-order valence-corrected chi connectivity index (χ3v) is 4.38. The lowest BCUT2D eigenvalue weighted by Gasteiger charge is -2.05. The van der Waals surface area contributed by atoms with Crippen LogP contribution in [0.15, 0.2) is 60.8 Å². The molecule has 0 spiro atoms. The van der Waals surface area contributed by atoms with Crippen LogP contribution in [-0.2, 0) is 16.0 Å². The number of para-hydroxylation sites is 1. The zero-order chi connectivity index (χ0) is 19.1. The van der Waals surface area contributed by atoms with Gasteiger partial charge in [0, 0.05) is 42.6 Å². The molecule has 3 rings (SSSR count). The Morgan fingerprint density at radius 2 is 1.89 bits per heavy atom. The second kappa shape index (κ2) is 9.35. The van der Waals surface area contributed by atoms with Crippen molar-refractivity contribution in [2.45, 2.75) is 12.8 Å². The van der Waals surface area contributed by atoms with Gasteiger partial charge in [-0.25, -0.2) is 4.68 Å². The molecule has 0 unspecified atom stereocenters. The third kappa shape index (κ3) is 5.18. The van der Waals surface area contributed by atoms with E-state index in [9.17, 15) is 4.79 Å².